The van der Waals surface area contributed by atoms with Gasteiger partial charge in [-0.1, -0.05) is 6.92 Å². The van der Waals surface area contributed by atoms with Gasteiger partial charge in [0, 0.05) is 17.8 Å². The van der Waals surface area contributed by atoms with Gasteiger partial charge in [0.25, 0.3) is 5.91 Å². The molecule has 7 nitrogen and oxygen atoms in total. The third-order valence-corrected chi connectivity index (χ3v) is 4.74. The number of anilines is 1. The van der Waals surface area contributed by atoms with Crippen molar-refractivity contribution in [3.8, 4) is 0 Å². The van der Waals surface area contributed by atoms with Crippen molar-refractivity contribution in [2.24, 2.45) is 0 Å². The maximum absolute atomic E-state index is 12.2. The molecule has 0 fully saturated rings. The topological polar surface area (TPSA) is 97.6 Å². The zero-order chi connectivity index (χ0) is 19.1. The summed E-state index contributed by atoms with van der Waals surface area (Å²) < 4.78 is 10.1. The van der Waals surface area contributed by atoms with E-state index in [1.165, 1.54) is 17.6 Å². The number of hydrogen-bond donors (Lipinski definition) is 2. The molecule has 0 aliphatic heterocycles. The Balaban J connectivity index is 1.98. The van der Waals surface area contributed by atoms with Crippen LogP contribution in [0.3, 0.4) is 0 Å². The summed E-state index contributed by atoms with van der Waals surface area (Å²) in [5.74, 6) is -0.916. The van der Waals surface area contributed by atoms with Crippen molar-refractivity contribution in [1.82, 2.24) is 5.32 Å². The zero-order valence-electron chi connectivity index (χ0n) is 15.0. The van der Waals surface area contributed by atoms with Crippen molar-refractivity contribution in [2.45, 2.75) is 33.6 Å². The number of esters is 1. The van der Waals surface area contributed by atoms with Crippen LogP contribution in [0.2, 0.25) is 0 Å². The summed E-state index contributed by atoms with van der Waals surface area (Å²) in [7, 11) is 0. The molecule has 2 heterocycles. The van der Waals surface area contributed by atoms with E-state index in [1.54, 1.807) is 19.1 Å². The van der Waals surface area contributed by atoms with E-state index in [0.717, 1.165) is 10.4 Å². The Bertz CT molecular complexity index is 780. The number of carbonyl (C=O) groups is 3. The first-order chi connectivity index (χ1) is 12.5. The number of rotatable bonds is 8. The monoisotopic (exact) mass is 378 g/mol. The number of carbonyl (C=O) groups excluding carboxylic acids is 3. The van der Waals surface area contributed by atoms with Crippen molar-refractivity contribution in [2.75, 3.05) is 18.5 Å². The van der Waals surface area contributed by atoms with Gasteiger partial charge in [0.2, 0.25) is 5.91 Å². The molecule has 0 saturated heterocycles. The highest BCUT2D eigenvalue weighted by molar-refractivity contribution is 7.16. The van der Waals surface area contributed by atoms with Gasteiger partial charge in [-0.05, 0) is 38.0 Å². The van der Waals surface area contributed by atoms with E-state index < -0.39 is 5.97 Å². The van der Waals surface area contributed by atoms with Gasteiger partial charge in [0.1, 0.15) is 5.00 Å². The van der Waals surface area contributed by atoms with Crippen LogP contribution in [0.25, 0.3) is 0 Å². The van der Waals surface area contributed by atoms with Crippen LogP contribution in [-0.2, 0) is 16.0 Å². The summed E-state index contributed by atoms with van der Waals surface area (Å²) in [4.78, 5) is 37.2. The van der Waals surface area contributed by atoms with Gasteiger partial charge < -0.3 is 19.8 Å². The van der Waals surface area contributed by atoms with Gasteiger partial charge >= 0.3 is 5.97 Å². The van der Waals surface area contributed by atoms with Gasteiger partial charge in [0.15, 0.2) is 5.76 Å². The maximum atomic E-state index is 12.2. The second-order valence-electron chi connectivity index (χ2n) is 5.45. The standard InChI is InChI=1S/C18H22N2O5S/c1-4-12-11(3)26-17(15(12)18(23)24-5-2)20-14(21)8-9-19-16(22)13-7-6-10-25-13/h6-7,10H,4-5,8-9H2,1-3H3,(H,19,22)(H,20,21). The average molecular weight is 378 g/mol. The lowest BCUT2D eigenvalue weighted by atomic mass is 10.1. The Morgan fingerprint density at radius 3 is 2.65 bits per heavy atom. The van der Waals surface area contributed by atoms with Gasteiger partial charge in [-0.3, -0.25) is 9.59 Å². The molecule has 2 rings (SSSR count). The van der Waals surface area contributed by atoms with Crippen molar-refractivity contribution < 1.29 is 23.5 Å². The van der Waals surface area contributed by atoms with E-state index in [0.29, 0.717) is 17.0 Å². The zero-order valence-corrected chi connectivity index (χ0v) is 15.8. The second kappa shape index (κ2) is 9.19. The molecule has 0 spiro atoms. The van der Waals surface area contributed by atoms with Crippen LogP contribution in [0.1, 0.15) is 51.6 Å². The van der Waals surface area contributed by atoms with Crippen LogP contribution in [0.15, 0.2) is 22.8 Å². The molecule has 8 heteroatoms. The van der Waals surface area contributed by atoms with Crippen molar-refractivity contribution in [1.29, 1.82) is 0 Å². The SMILES string of the molecule is CCOC(=O)c1c(NC(=O)CCNC(=O)c2ccco2)sc(C)c1CC. The molecule has 0 atom stereocenters. The molecule has 0 aromatic carbocycles. The Labute approximate surface area is 155 Å². The Hall–Kier alpha value is -2.61. The molecule has 0 saturated carbocycles. The number of amides is 2. The largest absolute Gasteiger partial charge is 0.462 e. The molecule has 0 aliphatic rings. The third-order valence-electron chi connectivity index (χ3n) is 3.68. The Morgan fingerprint density at radius 2 is 2.04 bits per heavy atom. The Kier molecular flexibility index (Phi) is 6.97. The van der Waals surface area contributed by atoms with E-state index in [-0.39, 0.29) is 37.1 Å². The molecule has 0 unspecified atom stereocenters. The fraction of sp³-hybridized carbons (Fsp3) is 0.389. The number of thiophene rings is 1. The van der Waals surface area contributed by atoms with Gasteiger partial charge in [0.05, 0.1) is 18.4 Å². The lowest BCUT2D eigenvalue weighted by Gasteiger charge is -2.08. The summed E-state index contributed by atoms with van der Waals surface area (Å²) >= 11 is 1.35. The molecule has 140 valence electrons. The molecule has 2 aromatic rings. The van der Waals surface area contributed by atoms with Crippen LogP contribution in [0.5, 0.6) is 0 Å². The highest BCUT2D eigenvalue weighted by Crippen LogP contribution is 2.34. The molecule has 0 bridgehead atoms. The molecule has 2 N–H and O–H groups in total. The number of furan rings is 1. The molecule has 0 radical (unpaired) electrons. The molecule has 2 aromatic heterocycles. The van der Waals surface area contributed by atoms with E-state index in [4.69, 9.17) is 9.15 Å². The molecule has 0 aliphatic carbocycles. The quantitative estimate of drug-likeness (QED) is 0.688. The number of hydrogen-bond acceptors (Lipinski definition) is 6. The van der Waals surface area contributed by atoms with Crippen molar-refractivity contribution in [3.05, 3.63) is 40.2 Å². The van der Waals surface area contributed by atoms with Crippen LogP contribution in [0, 0.1) is 6.92 Å². The first-order valence-corrected chi connectivity index (χ1v) is 9.20. The summed E-state index contributed by atoms with van der Waals surface area (Å²) in [6.45, 7) is 6.02. The first-order valence-electron chi connectivity index (χ1n) is 8.38. The fourth-order valence-corrected chi connectivity index (χ4v) is 3.63. The van der Waals surface area contributed by atoms with Gasteiger partial charge in [-0.25, -0.2) is 4.79 Å². The number of ether oxygens (including phenoxy) is 1. The van der Waals surface area contributed by atoms with Crippen LogP contribution in [0.4, 0.5) is 5.00 Å². The highest BCUT2D eigenvalue weighted by atomic mass is 32.1. The molecule has 2 amide bonds. The van der Waals surface area contributed by atoms with Gasteiger partial charge in [-0.15, -0.1) is 11.3 Å². The van der Waals surface area contributed by atoms with E-state index in [2.05, 4.69) is 10.6 Å². The average Bonchev–Trinajstić information content (AvgIpc) is 3.22. The highest BCUT2D eigenvalue weighted by Gasteiger charge is 2.23. The van der Waals surface area contributed by atoms with Crippen LogP contribution < -0.4 is 10.6 Å². The predicted octanol–water partition coefficient (Wildman–Crippen LogP) is 3.15. The summed E-state index contributed by atoms with van der Waals surface area (Å²) in [6, 6.07) is 3.16. The second-order valence-corrected chi connectivity index (χ2v) is 6.67. The minimum absolute atomic E-state index is 0.0765. The minimum atomic E-state index is -0.435. The van der Waals surface area contributed by atoms with E-state index in [9.17, 15) is 14.4 Å². The van der Waals surface area contributed by atoms with Crippen LogP contribution >= 0.6 is 11.3 Å². The van der Waals surface area contributed by atoms with Crippen LogP contribution in [-0.4, -0.2) is 30.9 Å². The molecular formula is C18H22N2O5S. The maximum Gasteiger partial charge on any atom is 0.341 e. The lowest BCUT2D eigenvalue weighted by molar-refractivity contribution is -0.116. The fourth-order valence-electron chi connectivity index (χ4n) is 2.49. The predicted molar refractivity (Wildman–Crippen MR) is 98.7 cm³/mol. The molecule has 26 heavy (non-hydrogen) atoms. The smallest absolute Gasteiger partial charge is 0.341 e. The summed E-state index contributed by atoms with van der Waals surface area (Å²) in [5.41, 5.74) is 1.31. The summed E-state index contributed by atoms with van der Waals surface area (Å²) in [6.07, 6.45) is 2.15. The minimum Gasteiger partial charge on any atom is -0.462 e. The summed E-state index contributed by atoms with van der Waals surface area (Å²) in [5, 5.41) is 5.85. The first kappa shape index (κ1) is 19.7. The van der Waals surface area contributed by atoms with E-state index >= 15 is 0 Å². The Morgan fingerprint density at radius 1 is 1.27 bits per heavy atom. The third kappa shape index (κ3) is 4.72. The van der Waals surface area contributed by atoms with E-state index in [1.807, 2.05) is 13.8 Å². The number of aryl methyl sites for hydroxylation is 1. The normalized spacial score (nSPS) is 10.4. The molecular weight excluding hydrogens is 356 g/mol. The van der Waals surface area contributed by atoms with Gasteiger partial charge in [-0.2, -0.15) is 0 Å². The lowest BCUT2D eigenvalue weighted by Crippen LogP contribution is -2.27. The number of nitrogens with one attached hydrogen (secondary N) is 2. The van der Waals surface area contributed by atoms with Crippen molar-refractivity contribution >= 4 is 34.1 Å². The van der Waals surface area contributed by atoms with Crippen molar-refractivity contribution in [3.63, 3.8) is 0 Å².